The van der Waals surface area contributed by atoms with Gasteiger partial charge in [0.1, 0.15) is 5.75 Å². The van der Waals surface area contributed by atoms with Crippen LogP contribution < -0.4 is 10.1 Å². The summed E-state index contributed by atoms with van der Waals surface area (Å²) in [4.78, 5) is 0. The van der Waals surface area contributed by atoms with E-state index in [2.05, 4.69) is 5.32 Å². The highest BCUT2D eigenvalue weighted by molar-refractivity contribution is 6.32. The molecule has 0 saturated heterocycles. The van der Waals surface area contributed by atoms with Gasteiger partial charge in [-0.3, -0.25) is 0 Å². The summed E-state index contributed by atoms with van der Waals surface area (Å²) in [7, 11) is 1.69. The molecule has 0 bridgehead atoms. The molecule has 5 heteroatoms. The standard InChI is InChI=1S/C12H18ClNO2.ClH/c1-3-16-12-5-4-10(8-11(12)13)9-14-6-7-15-2;/h4-5,8,14H,3,6-7,9H2,1-2H3;1H. The van der Waals surface area contributed by atoms with E-state index in [0.29, 0.717) is 18.2 Å². The summed E-state index contributed by atoms with van der Waals surface area (Å²) >= 11 is 6.07. The molecule has 1 aromatic carbocycles. The zero-order chi connectivity index (χ0) is 11.8. The second-order valence-electron chi connectivity index (χ2n) is 3.37. The highest BCUT2D eigenvalue weighted by atomic mass is 35.5. The minimum atomic E-state index is 0. The predicted octanol–water partition coefficient (Wildman–Crippen LogP) is 2.90. The van der Waals surface area contributed by atoms with E-state index in [0.717, 1.165) is 24.4 Å². The van der Waals surface area contributed by atoms with E-state index in [-0.39, 0.29) is 12.4 Å². The summed E-state index contributed by atoms with van der Waals surface area (Å²) in [6.45, 7) is 4.91. The average molecular weight is 280 g/mol. The maximum Gasteiger partial charge on any atom is 0.137 e. The third-order valence-electron chi connectivity index (χ3n) is 2.11. The molecule has 0 atom stereocenters. The molecule has 1 aromatic rings. The third-order valence-corrected chi connectivity index (χ3v) is 2.40. The Morgan fingerprint density at radius 3 is 2.71 bits per heavy atom. The first-order valence-corrected chi connectivity index (χ1v) is 5.76. The van der Waals surface area contributed by atoms with Gasteiger partial charge in [0.25, 0.3) is 0 Å². The van der Waals surface area contributed by atoms with E-state index in [1.54, 1.807) is 7.11 Å². The van der Waals surface area contributed by atoms with Gasteiger partial charge in [-0.15, -0.1) is 12.4 Å². The lowest BCUT2D eigenvalue weighted by atomic mass is 10.2. The van der Waals surface area contributed by atoms with Gasteiger partial charge < -0.3 is 14.8 Å². The summed E-state index contributed by atoms with van der Waals surface area (Å²) in [5.74, 6) is 0.741. The number of methoxy groups -OCH3 is 1. The fourth-order valence-electron chi connectivity index (χ4n) is 1.33. The van der Waals surface area contributed by atoms with Gasteiger partial charge in [0.2, 0.25) is 0 Å². The van der Waals surface area contributed by atoms with Crippen LogP contribution in [0.25, 0.3) is 0 Å². The first-order valence-electron chi connectivity index (χ1n) is 5.38. The van der Waals surface area contributed by atoms with E-state index < -0.39 is 0 Å². The maximum absolute atomic E-state index is 6.07. The Balaban J connectivity index is 0.00000256. The van der Waals surface area contributed by atoms with Crippen molar-refractivity contribution in [2.45, 2.75) is 13.5 Å². The van der Waals surface area contributed by atoms with Gasteiger partial charge in [0.15, 0.2) is 0 Å². The van der Waals surface area contributed by atoms with E-state index in [1.165, 1.54) is 0 Å². The van der Waals surface area contributed by atoms with Crippen LogP contribution in [0, 0.1) is 0 Å². The topological polar surface area (TPSA) is 30.5 Å². The quantitative estimate of drug-likeness (QED) is 0.779. The van der Waals surface area contributed by atoms with Crippen molar-refractivity contribution in [2.75, 3.05) is 26.9 Å². The Labute approximate surface area is 114 Å². The molecule has 0 unspecified atom stereocenters. The summed E-state index contributed by atoms with van der Waals surface area (Å²) < 4.78 is 10.3. The van der Waals surface area contributed by atoms with E-state index in [1.807, 2.05) is 25.1 Å². The second-order valence-corrected chi connectivity index (χ2v) is 3.77. The molecule has 0 amide bonds. The Kier molecular flexibility index (Phi) is 9.27. The largest absolute Gasteiger partial charge is 0.492 e. The van der Waals surface area contributed by atoms with Gasteiger partial charge in [0, 0.05) is 20.2 Å². The van der Waals surface area contributed by atoms with Crippen LogP contribution in [0.1, 0.15) is 12.5 Å². The van der Waals surface area contributed by atoms with Crippen LogP contribution >= 0.6 is 24.0 Å². The molecule has 0 spiro atoms. The number of benzene rings is 1. The molecule has 1 N–H and O–H groups in total. The van der Waals surface area contributed by atoms with Crippen molar-refractivity contribution in [3.8, 4) is 5.75 Å². The predicted molar refractivity (Wildman–Crippen MR) is 73.5 cm³/mol. The molecule has 0 saturated carbocycles. The third kappa shape index (κ3) is 6.13. The zero-order valence-electron chi connectivity index (χ0n) is 10.2. The van der Waals surface area contributed by atoms with Crippen LogP contribution in [-0.4, -0.2) is 26.9 Å². The van der Waals surface area contributed by atoms with Crippen LogP contribution in [0.15, 0.2) is 18.2 Å². The summed E-state index contributed by atoms with van der Waals surface area (Å²) in [6, 6.07) is 5.84. The molecule has 0 aliphatic rings. The number of hydrogen-bond acceptors (Lipinski definition) is 3. The lowest BCUT2D eigenvalue weighted by Gasteiger charge is -2.08. The number of ether oxygens (including phenoxy) is 2. The fourth-order valence-corrected chi connectivity index (χ4v) is 1.59. The molecule has 0 aliphatic heterocycles. The molecule has 0 radical (unpaired) electrons. The van der Waals surface area contributed by atoms with Gasteiger partial charge in [-0.1, -0.05) is 17.7 Å². The van der Waals surface area contributed by atoms with Gasteiger partial charge in [-0.25, -0.2) is 0 Å². The number of halogens is 2. The highest BCUT2D eigenvalue weighted by Crippen LogP contribution is 2.25. The number of rotatable bonds is 7. The Morgan fingerprint density at radius 1 is 1.35 bits per heavy atom. The minimum absolute atomic E-state index is 0. The van der Waals surface area contributed by atoms with E-state index >= 15 is 0 Å². The van der Waals surface area contributed by atoms with Crippen LogP contribution in [0.4, 0.5) is 0 Å². The zero-order valence-corrected chi connectivity index (χ0v) is 11.7. The van der Waals surface area contributed by atoms with E-state index in [4.69, 9.17) is 21.1 Å². The first-order chi connectivity index (χ1) is 7.77. The first kappa shape index (κ1) is 16.5. The minimum Gasteiger partial charge on any atom is -0.492 e. The molecule has 0 aliphatic carbocycles. The molecule has 1 rings (SSSR count). The molecule has 0 aromatic heterocycles. The monoisotopic (exact) mass is 279 g/mol. The molecule has 0 fully saturated rings. The van der Waals surface area contributed by atoms with Crippen molar-refractivity contribution < 1.29 is 9.47 Å². The van der Waals surface area contributed by atoms with Crippen LogP contribution in [0.5, 0.6) is 5.75 Å². The lowest BCUT2D eigenvalue weighted by molar-refractivity contribution is 0.199. The van der Waals surface area contributed by atoms with Gasteiger partial charge in [0.05, 0.1) is 18.2 Å². The Hall–Kier alpha value is -0.480. The van der Waals surface area contributed by atoms with Crippen LogP contribution in [0.3, 0.4) is 0 Å². The molecule has 17 heavy (non-hydrogen) atoms. The highest BCUT2D eigenvalue weighted by Gasteiger charge is 2.01. The number of hydrogen-bond donors (Lipinski definition) is 1. The smallest absolute Gasteiger partial charge is 0.137 e. The van der Waals surface area contributed by atoms with Gasteiger partial charge in [-0.05, 0) is 24.6 Å². The lowest BCUT2D eigenvalue weighted by Crippen LogP contribution is -2.18. The van der Waals surface area contributed by atoms with Crippen LogP contribution in [-0.2, 0) is 11.3 Å². The summed E-state index contributed by atoms with van der Waals surface area (Å²) in [5.41, 5.74) is 1.14. The van der Waals surface area contributed by atoms with Crippen LogP contribution in [0.2, 0.25) is 5.02 Å². The molecule has 0 heterocycles. The van der Waals surface area contributed by atoms with Gasteiger partial charge >= 0.3 is 0 Å². The van der Waals surface area contributed by atoms with Gasteiger partial charge in [-0.2, -0.15) is 0 Å². The molecule has 98 valence electrons. The van der Waals surface area contributed by atoms with Crippen molar-refractivity contribution in [3.63, 3.8) is 0 Å². The average Bonchev–Trinajstić information content (AvgIpc) is 2.28. The van der Waals surface area contributed by atoms with E-state index in [9.17, 15) is 0 Å². The van der Waals surface area contributed by atoms with Crippen molar-refractivity contribution in [3.05, 3.63) is 28.8 Å². The van der Waals surface area contributed by atoms with Crippen molar-refractivity contribution >= 4 is 24.0 Å². The van der Waals surface area contributed by atoms with Crippen molar-refractivity contribution in [2.24, 2.45) is 0 Å². The SMILES string of the molecule is CCOc1ccc(CNCCOC)cc1Cl.Cl. The normalized spacial score (nSPS) is 9.82. The number of nitrogens with one attached hydrogen (secondary N) is 1. The summed E-state index contributed by atoms with van der Waals surface area (Å²) in [5, 5.41) is 3.92. The molecule has 3 nitrogen and oxygen atoms in total. The second kappa shape index (κ2) is 9.54. The molecular formula is C12H19Cl2NO2. The summed E-state index contributed by atoms with van der Waals surface area (Å²) in [6.07, 6.45) is 0. The van der Waals surface area contributed by atoms with Crippen molar-refractivity contribution in [1.29, 1.82) is 0 Å². The Bertz CT molecular complexity index is 321. The molecular weight excluding hydrogens is 261 g/mol. The fraction of sp³-hybridized carbons (Fsp3) is 0.500. The Morgan fingerprint density at radius 2 is 2.12 bits per heavy atom. The van der Waals surface area contributed by atoms with Crippen molar-refractivity contribution in [1.82, 2.24) is 5.32 Å². The maximum atomic E-state index is 6.07.